The fourth-order valence-corrected chi connectivity index (χ4v) is 3.84. The van der Waals surface area contributed by atoms with Crippen molar-refractivity contribution in [1.82, 2.24) is 19.6 Å². The maximum Gasteiger partial charge on any atom is 0.410 e. The van der Waals surface area contributed by atoms with Crippen LogP contribution in [0.4, 0.5) is 9.18 Å². The first-order valence-electron chi connectivity index (χ1n) is 8.56. The molecule has 6 nitrogen and oxygen atoms in total. The lowest BCUT2D eigenvalue weighted by Gasteiger charge is -2.44. The van der Waals surface area contributed by atoms with Crippen LogP contribution in [0.3, 0.4) is 0 Å². The number of rotatable bonds is 4. The molecule has 2 fully saturated rings. The molecule has 4 rings (SSSR count). The zero-order chi connectivity index (χ0) is 17.4. The Morgan fingerprint density at radius 3 is 3.00 bits per heavy atom. The summed E-state index contributed by atoms with van der Waals surface area (Å²) in [5, 5.41) is 4.27. The van der Waals surface area contributed by atoms with Gasteiger partial charge in [-0.1, -0.05) is 6.92 Å². The molecule has 25 heavy (non-hydrogen) atoms. The second-order valence-electron chi connectivity index (χ2n) is 6.72. The summed E-state index contributed by atoms with van der Waals surface area (Å²) in [5.41, 5.74) is 1.49. The number of piperazine rings is 1. The molecule has 0 saturated carbocycles. The third-order valence-corrected chi connectivity index (χ3v) is 5.26. The Morgan fingerprint density at radius 1 is 1.36 bits per heavy atom. The molecule has 2 saturated heterocycles. The van der Waals surface area contributed by atoms with E-state index in [9.17, 15) is 9.18 Å². The third-order valence-electron chi connectivity index (χ3n) is 5.26. The molecule has 0 N–H and O–H groups in total. The van der Waals surface area contributed by atoms with E-state index in [-0.39, 0.29) is 17.4 Å². The summed E-state index contributed by atoms with van der Waals surface area (Å²) in [5.74, 6) is -0.255. The van der Waals surface area contributed by atoms with Crippen molar-refractivity contribution in [1.29, 1.82) is 0 Å². The zero-order valence-corrected chi connectivity index (χ0v) is 14.2. The lowest BCUT2D eigenvalue weighted by Crippen LogP contribution is -2.60. The summed E-state index contributed by atoms with van der Waals surface area (Å²) < 4.78 is 20.9. The number of hydrogen-bond donors (Lipinski definition) is 0. The van der Waals surface area contributed by atoms with E-state index < -0.39 is 0 Å². The molecule has 0 aliphatic carbocycles. The molecule has 1 aromatic carbocycles. The van der Waals surface area contributed by atoms with Gasteiger partial charge in [0, 0.05) is 38.6 Å². The van der Waals surface area contributed by atoms with Gasteiger partial charge in [-0.3, -0.25) is 9.80 Å². The highest BCUT2D eigenvalue weighted by Gasteiger charge is 2.49. The van der Waals surface area contributed by atoms with Crippen LogP contribution in [0, 0.1) is 5.82 Å². The summed E-state index contributed by atoms with van der Waals surface area (Å²) in [4.78, 5) is 16.0. The smallest absolute Gasteiger partial charge is 0.410 e. The molecule has 0 radical (unpaired) electrons. The van der Waals surface area contributed by atoms with Crippen LogP contribution in [0.2, 0.25) is 0 Å². The molecular weight excluding hydrogens is 323 g/mol. The van der Waals surface area contributed by atoms with Gasteiger partial charge in [0.15, 0.2) is 0 Å². The molecule has 132 valence electrons. The van der Waals surface area contributed by atoms with Crippen LogP contribution in [-0.2, 0) is 11.3 Å². The minimum atomic E-state index is -0.269. The highest BCUT2D eigenvalue weighted by molar-refractivity contribution is 5.71. The quantitative estimate of drug-likeness (QED) is 0.855. The van der Waals surface area contributed by atoms with Crippen LogP contribution in [0.15, 0.2) is 36.7 Å². The van der Waals surface area contributed by atoms with Gasteiger partial charge in [0.2, 0.25) is 0 Å². The molecule has 2 aliphatic heterocycles. The van der Waals surface area contributed by atoms with Crippen molar-refractivity contribution in [3.8, 4) is 5.69 Å². The largest absolute Gasteiger partial charge is 0.447 e. The number of cyclic esters (lactones) is 1. The molecule has 1 amide bonds. The van der Waals surface area contributed by atoms with Crippen molar-refractivity contribution in [3.63, 3.8) is 0 Å². The number of benzene rings is 1. The van der Waals surface area contributed by atoms with E-state index in [2.05, 4.69) is 16.9 Å². The number of aromatic nitrogens is 2. The number of carbonyl (C=O) groups is 1. The van der Waals surface area contributed by atoms with E-state index in [4.69, 9.17) is 4.74 Å². The molecule has 3 heterocycles. The van der Waals surface area contributed by atoms with Crippen LogP contribution >= 0.6 is 0 Å². The van der Waals surface area contributed by atoms with E-state index in [0.717, 1.165) is 30.8 Å². The fourth-order valence-electron chi connectivity index (χ4n) is 3.84. The van der Waals surface area contributed by atoms with Gasteiger partial charge >= 0.3 is 6.09 Å². The van der Waals surface area contributed by atoms with Gasteiger partial charge in [-0.15, -0.1) is 0 Å². The van der Waals surface area contributed by atoms with Gasteiger partial charge in [-0.25, -0.2) is 13.9 Å². The second-order valence-corrected chi connectivity index (χ2v) is 6.72. The summed E-state index contributed by atoms with van der Waals surface area (Å²) in [7, 11) is 0. The Balaban J connectivity index is 1.59. The Hall–Kier alpha value is -2.41. The second kappa shape index (κ2) is 6.15. The number of amides is 1. The molecule has 2 aromatic rings. The highest BCUT2D eigenvalue weighted by atomic mass is 19.1. The Morgan fingerprint density at radius 2 is 2.24 bits per heavy atom. The average Bonchev–Trinajstić information content (AvgIpc) is 3.24. The first kappa shape index (κ1) is 16.1. The molecule has 0 bridgehead atoms. The summed E-state index contributed by atoms with van der Waals surface area (Å²) in [6.45, 7) is 5.22. The Labute approximate surface area is 145 Å². The predicted octanol–water partition coefficient (Wildman–Crippen LogP) is 2.43. The van der Waals surface area contributed by atoms with E-state index in [1.807, 2.05) is 17.2 Å². The molecule has 1 aromatic heterocycles. The highest BCUT2D eigenvalue weighted by Crippen LogP contribution is 2.32. The Bertz CT molecular complexity index is 779. The SMILES string of the molecule is CCC12COC(=O)N1CCN(Cc1cc(F)ccc1-n1cccn1)C2. The maximum atomic E-state index is 13.8. The van der Waals surface area contributed by atoms with Gasteiger partial charge < -0.3 is 4.74 Å². The number of nitrogens with zero attached hydrogens (tertiary/aromatic N) is 4. The van der Waals surface area contributed by atoms with E-state index in [1.165, 1.54) is 6.07 Å². The minimum Gasteiger partial charge on any atom is -0.447 e. The maximum absolute atomic E-state index is 13.8. The molecule has 0 spiro atoms. The van der Waals surface area contributed by atoms with Crippen LogP contribution < -0.4 is 0 Å². The first-order chi connectivity index (χ1) is 12.1. The summed E-state index contributed by atoms with van der Waals surface area (Å²) >= 11 is 0. The molecular formula is C18H21FN4O2. The third kappa shape index (κ3) is 2.78. The van der Waals surface area contributed by atoms with Gasteiger partial charge in [0.1, 0.15) is 12.4 Å². The minimum absolute atomic E-state index is 0.218. The van der Waals surface area contributed by atoms with Gasteiger partial charge in [0.25, 0.3) is 0 Å². The number of halogens is 1. The monoisotopic (exact) mass is 344 g/mol. The normalized spacial score (nSPS) is 23.6. The van der Waals surface area contributed by atoms with Crippen LogP contribution in [0.5, 0.6) is 0 Å². The summed E-state index contributed by atoms with van der Waals surface area (Å²) in [6, 6.07) is 6.62. The van der Waals surface area contributed by atoms with Crippen molar-refractivity contribution in [2.75, 3.05) is 26.2 Å². The van der Waals surface area contributed by atoms with Crippen molar-refractivity contribution in [2.24, 2.45) is 0 Å². The zero-order valence-electron chi connectivity index (χ0n) is 14.2. The molecule has 1 unspecified atom stereocenters. The number of fused-ring (bicyclic) bond motifs is 1. The first-order valence-corrected chi connectivity index (χ1v) is 8.56. The predicted molar refractivity (Wildman–Crippen MR) is 89.9 cm³/mol. The Kier molecular flexibility index (Phi) is 3.95. The fraction of sp³-hybridized carbons (Fsp3) is 0.444. The average molecular weight is 344 g/mol. The lowest BCUT2D eigenvalue weighted by atomic mass is 9.92. The number of carbonyl (C=O) groups excluding carboxylic acids is 1. The number of hydrogen-bond acceptors (Lipinski definition) is 4. The van der Waals surface area contributed by atoms with E-state index in [0.29, 0.717) is 19.7 Å². The molecule has 1 atom stereocenters. The van der Waals surface area contributed by atoms with Crippen molar-refractivity contribution < 1.29 is 13.9 Å². The van der Waals surface area contributed by atoms with Gasteiger partial charge in [0.05, 0.1) is 11.2 Å². The lowest BCUT2D eigenvalue weighted by molar-refractivity contribution is 0.0449. The number of ether oxygens (including phenoxy) is 1. The van der Waals surface area contributed by atoms with Crippen molar-refractivity contribution >= 4 is 6.09 Å². The van der Waals surface area contributed by atoms with Crippen LogP contribution in [-0.4, -0.2) is 57.5 Å². The van der Waals surface area contributed by atoms with Crippen molar-refractivity contribution in [3.05, 3.63) is 48.0 Å². The van der Waals surface area contributed by atoms with Gasteiger partial charge in [-0.2, -0.15) is 5.10 Å². The standard InChI is InChI=1S/C18H21FN4O2/c1-2-18-12-21(8-9-22(18)17(24)25-13-18)11-14-10-15(19)4-5-16(14)23-7-3-6-20-23/h3-7,10H,2,8-9,11-13H2,1H3. The summed E-state index contributed by atoms with van der Waals surface area (Å²) in [6.07, 6.45) is 4.18. The van der Waals surface area contributed by atoms with Gasteiger partial charge in [-0.05, 0) is 36.2 Å². The molecule has 7 heteroatoms. The van der Waals surface area contributed by atoms with E-state index in [1.54, 1.807) is 23.0 Å². The van der Waals surface area contributed by atoms with Crippen molar-refractivity contribution in [2.45, 2.75) is 25.4 Å². The molecule has 2 aliphatic rings. The van der Waals surface area contributed by atoms with Crippen LogP contribution in [0.25, 0.3) is 5.69 Å². The topological polar surface area (TPSA) is 50.6 Å². The van der Waals surface area contributed by atoms with Crippen LogP contribution in [0.1, 0.15) is 18.9 Å². The van der Waals surface area contributed by atoms with E-state index >= 15 is 0 Å².